The molecule has 3 rings (SSSR count). The van der Waals surface area contributed by atoms with Crippen LogP contribution >= 0.6 is 31.9 Å². The molecule has 7 heteroatoms. The third-order valence-corrected chi connectivity index (χ3v) is 4.94. The van der Waals surface area contributed by atoms with Gasteiger partial charge in [-0.15, -0.1) is 0 Å². The maximum atomic E-state index is 12.5. The second-order valence-electron chi connectivity index (χ2n) is 5.46. The fourth-order valence-electron chi connectivity index (χ4n) is 2.47. The second kappa shape index (κ2) is 7.66. The lowest BCUT2D eigenvalue weighted by Gasteiger charge is -2.22. The summed E-state index contributed by atoms with van der Waals surface area (Å²) in [7, 11) is 1.58. The van der Waals surface area contributed by atoms with E-state index in [0.717, 1.165) is 10.0 Å². The Labute approximate surface area is 162 Å². The molecule has 0 aromatic heterocycles. The van der Waals surface area contributed by atoms with Gasteiger partial charge in [-0.05, 0) is 43.3 Å². The van der Waals surface area contributed by atoms with Crippen molar-refractivity contribution in [1.82, 2.24) is 0 Å². The highest BCUT2D eigenvalue weighted by Crippen LogP contribution is 2.41. The van der Waals surface area contributed by atoms with Crippen LogP contribution in [0.3, 0.4) is 0 Å². The smallest absolute Gasteiger partial charge is 0.338 e. The molecule has 5 nitrogen and oxygen atoms in total. The first-order chi connectivity index (χ1) is 12.0. The van der Waals surface area contributed by atoms with Crippen LogP contribution in [0.2, 0.25) is 0 Å². The third-order valence-electron chi connectivity index (χ3n) is 3.78. The molecule has 0 spiro atoms. The van der Waals surface area contributed by atoms with Crippen LogP contribution in [0.1, 0.15) is 28.9 Å². The highest BCUT2D eigenvalue weighted by molar-refractivity contribution is 9.10. The molecule has 0 bridgehead atoms. The number of rotatable bonds is 5. The van der Waals surface area contributed by atoms with Crippen LogP contribution in [-0.4, -0.2) is 24.7 Å². The number of alkyl halides is 1. The fraction of sp³-hybridized carbons (Fsp3) is 0.278. The molecule has 1 heterocycles. The van der Waals surface area contributed by atoms with Crippen molar-refractivity contribution in [2.24, 2.45) is 0 Å². The summed E-state index contributed by atoms with van der Waals surface area (Å²) in [5.74, 6) is 1.57. The molecule has 0 unspecified atom stereocenters. The van der Waals surface area contributed by atoms with Crippen LogP contribution in [-0.2, 0) is 4.74 Å². The number of ether oxygens (including phenoxy) is 4. The molecule has 0 aliphatic carbocycles. The van der Waals surface area contributed by atoms with Crippen molar-refractivity contribution in [3.8, 4) is 17.2 Å². The summed E-state index contributed by atoms with van der Waals surface area (Å²) < 4.78 is 22.4. The maximum absolute atomic E-state index is 12.5. The lowest BCUT2D eigenvalue weighted by molar-refractivity contribution is 0.0302. The second-order valence-corrected chi connectivity index (χ2v) is 7.76. The zero-order chi connectivity index (χ0) is 18.0. The Kier molecular flexibility index (Phi) is 5.54. The minimum Gasteiger partial charge on any atom is -0.497 e. The molecule has 0 radical (unpaired) electrons. The largest absolute Gasteiger partial charge is 0.497 e. The quantitative estimate of drug-likeness (QED) is 0.460. The third kappa shape index (κ3) is 3.93. The molecule has 0 N–H and O–H groups in total. The standard InChI is InChI=1S/C18H16Br2O5/c1-10(19)17(13-7-15-16(8-14(13)20)24-9-23-15)25-18(21)11-3-5-12(22-2)6-4-11/h3-8,10,17H,9H2,1-2H3/t10-,17+/m0/s1. The highest BCUT2D eigenvalue weighted by atomic mass is 79.9. The number of halogens is 2. The molecular formula is C18H16Br2O5. The van der Waals surface area contributed by atoms with Gasteiger partial charge in [0, 0.05) is 10.0 Å². The average Bonchev–Trinajstić information content (AvgIpc) is 3.06. The van der Waals surface area contributed by atoms with E-state index in [1.165, 1.54) is 0 Å². The number of fused-ring (bicyclic) bond motifs is 1. The molecule has 0 saturated heterocycles. The fourth-order valence-corrected chi connectivity index (χ4v) is 3.41. The topological polar surface area (TPSA) is 54.0 Å². The van der Waals surface area contributed by atoms with Gasteiger partial charge in [0.25, 0.3) is 0 Å². The Bertz CT molecular complexity index is 774. The van der Waals surface area contributed by atoms with Crippen LogP contribution < -0.4 is 14.2 Å². The van der Waals surface area contributed by atoms with Gasteiger partial charge in [-0.3, -0.25) is 0 Å². The van der Waals surface area contributed by atoms with Gasteiger partial charge >= 0.3 is 5.97 Å². The van der Waals surface area contributed by atoms with Crippen LogP contribution in [0.25, 0.3) is 0 Å². The molecule has 2 aromatic carbocycles. The number of hydrogen-bond acceptors (Lipinski definition) is 5. The number of carbonyl (C=O) groups excluding carboxylic acids is 1. The Morgan fingerprint density at radius 2 is 1.80 bits per heavy atom. The molecule has 0 amide bonds. The van der Waals surface area contributed by atoms with Gasteiger partial charge in [0.2, 0.25) is 6.79 Å². The Hall–Kier alpha value is -1.73. The van der Waals surface area contributed by atoms with E-state index in [1.54, 1.807) is 31.4 Å². The highest BCUT2D eigenvalue weighted by Gasteiger charge is 2.27. The van der Waals surface area contributed by atoms with Crippen molar-refractivity contribution < 1.29 is 23.7 Å². The van der Waals surface area contributed by atoms with E-state index in [-0.39, 0.29) is 11.6 Å². The summed E-state index contributed by atoms with van der Waals surface area (Å²) in [5.41, 5.74) is 1.26. The molecule has 0 saturated carbocycles. The molecule has 2 aromatic rings. The first-order valence-electron chi connectivity index (χ1n) is 7.57. The zero-order valence-corrected chi connectivity index (χ0v) is 16.8. The van der Waals surface area contributed by atoms with Crippen LogP contribution in [0.4, 0.5) is 0 Å². The number of carbonyl (C=O) groups is 1. The van der Waals surface area contributed by atoms with Crippen molar-refractivity contribution in [3.05, 3.63) is 52.0 Å². The van der Waals surface area contributed by atoms with Crippen LogP contribution in [0.5, 0.6) is 17.2 Å². The van der Waals surface area contributed by atoms with Crippen LogP contribution in [0.15, 0.2) is 40.9 Å². The predicted octanol–water partition coefficient (Wildman–Crippen LogP) is 4.87. The van der Waals surface area contributed by atoms with E-state index in [2.05, 4.69) is 31.9 Å². The van der Waals surface area contributed by atoms with Crippen molar-refractivity contribution in [3.63, 3.8) is 0 Å². The van der Waals surface area contributed by atoms with Crippen molar-refractivity contribution in [2.75, 3.05) is 13.9 Å². The van der Waals surface area contributed by atoms with E-state index in [9.17, 15) is 4.79 Å². The van der Waals surface area contributed by atoms with Gasteiger partial charge in [-0.2, -0.15) is 0 Å². The van der Waals surface area contributed by atoms with Gasteiger partial charge in [0.15, 0.2) is 11.5 Å². The predicted molar refractivity (Wildman–Crippen MR) is 99.8 cm³/mol. The van der Waals surface area contributed by atoms with Crippen molar-refractivity contribution in [1.29, 1.82) is 0 Å². The minimum atomic E-state index is -0.501. The Morgan fingerprint density at radius 3 is 2.40 bits per heavy atom. The average molecular weight is 472 g/mol. The minimum absolute atomic E-state index is 0.105. The first-order valence-corrected chi connectivity index (χ1v) is 9.28. The molecule has 2 atom stereocenters. The normalized spacial score (nSPS) is 14.7. The molecule has 0 fully saturated rings. The van der Waals surface area contributed by atoms with E-state index < -0.39 is 12.1 Å². The number of methoxy groups -OCH3 is 1. The van der Waals surface area contributed by atoms with Crippen LogP contribution in [0, 0.1) is 0 Å². The molecule has 132 valence electrons. The molecule has 1 aliphatic heterocycles. The summed E-state index contributed by atoms with van der Waals surface area (Å²) in [4.78, 5) is 12.4. The lowest BCUT2D eigenvalue weighted by Crippen LogP contribution is -2.18. The molecule has 1 aliphatic rings. The molecular weight excluding hydrogens is 456 g/mol. The Balaban J connectivity index is 1.85. The lowest BCUT2D eigenvalue weighted by atomic mass is 10.1. The number of hydrogen-bond donors (Lipinski definition) is 0. The van der Waals surface area contributed by atoms with E-state index in [4.69, 9.17) is 18.9 Å². The Morgan fingerprint density at radius 1 is 1.16 bits per heavy atom. The SMILES string of the molecule is COc1ccc(C(=O)O[C@@H](c2cc3c(cc2Br)OCO3)[C@H](C)Br)cc1. The summed E-state index contributed by atoms with van der Waals surface area (Å²) in [6, 6.07) is 10.4. The van der Waals surface area contributed by atoms with E-state index in [0.29, 0.717) is 22.8 Å². The van der Waals surface area contributed by atoms with Crippen molar-refractivity contribution in [2.45, 2.75) is 17.9 Å². The van der Waals surface area contributed by atoms with Gasteiger partial charge in [-0.25, -0.2) is 4.79 Å². The zero-order valence-electron chi connectivity index (χ0n) is 13.6. The van der Waals surface area contributed by atoms with E-state index in [1.807, 2.05) is 19.1 Å². The monoisotopic (exact) mass is 470 g/mol. The summed E-state index contributed by atoms with van der Waals surface area (Å²) >= 11 is 7.05. The van der Waals surface area contributed by atoms with Gasteiger partial charge in [-0.1, -0.05) is 31.9 Å². The van der Waals surface area contributed by atoms with E-state index >= 15 is 0 Å². The molecule has 25 heavy (non-hydrogen) atoms. The van der Waals surface area contributed by atoms with Gasteiger partial charge in [0.1, 0.15) is 11.9 Å². The number of esters is 1. The summed E-state index contributed by atoms with van der Waals surface area (Å²) in [6.07, 6.45) is -0.501. The summed E-state index contributed by atoms with van der Waals surface area (Å²) in [6.45, 7) is 2.11. The first kappa shape index (κ1) is 18.1. The van der Waals surface area contributed by atoms with Crippen molar-refractivity contribution >= 4 is 37.8 Å². The number of benzene rings is 2. The summed E-state index contributed by atoms with van der Waals surface area (Å²) in [5, 5.41) is 0. The van der Waals surface area contributed by atoms with Gasteiger partial charge < -0.3 is 18.9 Å². The maximum Gasteiger partial charge on any atom is 0.338 e. The van der Waals surface area contributed by atoms with Gasteiger partial charge in [0.05, 0.1) is 17.5 Å².